The number of nitrogens with zero attached hydrogens (tertiary/aromatic N) is 1. The molecule has 2 atom stereocenters. The highest BCUT2D eigenvalue weighted by Gasteiger charge is 2.31. The lowest BCUT2D eigenvalue weighted by atomic mass is 9.98. The van der Waals surface area contributed by atoms with Crippen LogP contribution in [-0.2, 0) is 14.8 Å². The lowest BCUT2D eigenvalue weighted by Gasteiger charge is -2.31. The van der Waals surface area contributed by atoms with Crippen LogP contribution in [0.1, 0.15) is 38.3 Å². The van der Waals surface area contributed by atoms with E-state index in [0.717, 1.165) is 17.7 Å². The monoisotopic (exact) mass is 354 g/mol. The maximum absolute atomic E-state index is 12.5. The Labute approximate surface area is 144 Å². The zero-order chi connectivity index (χ0) is 17.7. The molecule has 1 saturated heterocycles. The van der Waals surface area contributed by atoms with Crippen LogP contribution in [0.25, 0.3) is 0 Å². The third-order valence-electron chi connectivity index (χ3n) is 4.49. The van der Waals surface area contributed by atoms with Gasteiger partial charge in [-0.15, -0.1) is 0 Å². The smallest absolute Gasteiger partial charge is 0.224 e. The number of piperidine rings is 1. The highest BCUT2D eigenvalue weighted by molar-refractivity contribution is 7.89. The van der Waals surface area contributed by atoms with E-state index in [2.05, 4.69) is 5.32 Å². The summed E-state index contributed by atoms with van der Waals surface area (Å²) in [6.07, 6.45) is 1.44. The second-order valence-electron chi connectivity index (χ2n) is 6.10. The second-order valence-corrected chi connectivity index (χ2v) is 8.36. The quantitative estimate of drug-likeness (QED) is 0.847. The molecular formula is C17H26N2O4S. The molecule has 0 saturated carbocycles. The van der Waals surface area contributed by atoms with Gasteiger partial charge in [0.15, 0.2) is 0 Å². The first kappa shape index (κ1) is 18.7. The number of nitrogens with one attached hydrogen (secondary N) is 1. The molecule has 7 heteroatoms. The van der Waals surface area contributed by atoms with Crippen molar-refractivity contribution in [2.45, 2.75) is 32.7 Å². The van der Waals surface area contributed by atoms with E-state index in [9.17, 15) is 13.2 Å². The summed E-state index contributed by atoms with van der Waals surface area (Å²) in [4.78, 5) is 12.5. The van der Waals surface area contributed by atoms with Gasteiger partial charge < -0.3 is 10.1 Å². The molecule has 134 valence electrons. The van der Waals surface area contributed by atoms with E-state index < -0.39 is 10.0 Å². The zero-order valence-electron chi connectivity index (χ0n) is 14.5. The van der Waals surface area contributed by atoms with Crippen molar-refractivity contribution < 1.29 is 17.9 Å². The number of rotatable bonds is 6. The van der Waals surface area contributed by atoms with Crippen LogP contribution in [0.15, 0.2) is 24.3 Å². The van der Waals surface area contributed by atoms with Gasteiger partial charge in [-0.2, -0.15) is 0 Å². The van der Waals surface area contributed by atoms with Crippen molar-refractivity contribution in [2.24, 2.45) is 5.92 Å². The van der Waals surface area contributed by atoms with Gasteiger partial charge in [-0.1, -0.05) is 12.1 Å². The van der Waals surface area contributed by atoms with Crippen LogP contribution in [-0.4, -0.2) is 44.6 Å². The van der Waals surface area contributed by atoms with Crippen molar-refractivity contribution in [3.8, 4) is 5.75 Å². The molecule has 0 aliphatic carbocycles. The molecule has 0 radical (unpaired) electrons. The van der Waals surface area contributed by atoms with Gasteiger partial charge in [-0.05, 0) is 44.4 Å². The van der Waals surface area contributed by atoms with Crippen LogP contribution in [0.2, 0.25) is 0 Å². The fourth-order valence-corrected chi connectivity index (χ4v) is 4.08. The summed E-state index contributed by atoms with van der Waals surface area (Å²) in [5.74, 6) is 0.462. The number of amides is 1. The molecule has 1 fully saturated rings. The molecule has 0 unspecified atom stereocenters. The average molecular weight is 354 g/mol. The summed E-state index contributed by atoms with van der Waals surface area (Å²) >= 11 is 0. The van der Waals surface area contributed by atoms with E-state index in [1.165, 1.54) is 4.31 Å². The summed E-state index contributed by atoms with van der Waals surface area (Å²) in [6, 6.07) is 7.40. The Hall–Kier alpha value is -1.60. The Balaban J connectivity index is 1.98. The van der Waals surface area contributed by atoms with Crippen LogP contribution in [0.3, 0.4) is 0 Å². The van der Waals surface area contributed by atoms with Gasteiger partial charge in [0, 0.05) is 13.1 Å². The third kappa shape index (κ3) is 4.48. The fourth-order valence-electron chi connectivity index (χ4n) is 2.90. The minimum atomic E-state index is -3.24. The minimum Gasteiger partial charge on any atom is -0.497 e. The van der Waals surface area contributed by atoms with Crippen LogP contribution in [0, 0.1) is 5.92 Å². The Bertz CT molecular complexity index is 658. The number of benzene rings is 1. The number of ether oxygens (including phenoxy) is 1. The van der Waals surface area contributed by atoms with E-state index in [1.54, 1.807) is 14.0 Å². The van der Waals surface area contributed by atoms with E-state index in [1.807, 2.05) is 31.2 Å². The molecule has 2 rings (SSSR count). The molecule has 0 aromatic heterocycles. The predicted octanol–water partition coefficient (Wildman–Crippen LogP) is 1.93. The summed E-state index contributed by atoms with van der Waals surface area (Å²) in [5.41, 5.74) is 0.984. The number of hydrogen-bond donors (Lipinski definition) is 1. The molecule has 0 bridgehead atoms. The average Bonchev–Trinajstić information content (AvgIpc) is 2.61. The lowest BCUT2D eigenvalue weighted by Crippen LogP contribution is -2.46. The summed E-state index contributed by atoms with van der Waals surface area (Å²) in [7, 11) is -1.63. The number of carbonyl (C=O) groups is 1. The first-order valence-electron chi connectivity index (χ1n) is 8.29. The van der Waals surface area contributed by atoms with Crippen LogP contribution < -0.4 is 10.1 Å². The van der Waals surface area contributed by atoms with Gasteiger partial charge in [0.25, 0.3) is 0 Å². The third-order valence-corrected chi connectivity index (χ3v) is 6.34. The Kier molecular flexibility index (Phi) is 6.23. The van der Waals surface area contributed by atoms with Gasteiger partial charge in [-0.3, -0.25) is 4.79 Å². The maximum Gasteiger partial charge on any atom is 0.224 e. The Morgan fingerprint density at radius 2 is 2.04 bits per heavy atom. The second kappa shape index (κ2) is 7.98. The maximum atomic E-state index is 12.5. The van der Waals surface area contributed by atoms with Gasteiger partial charge >= 0.3 is 0 Å². The van der Waals surface area contributed by atoms with Gasteiger partial charge in [-0.25, -0.2) is 12.7 Å². The molecule has 1 aromatic carbocycles. The molecule has 0 spiro atoms. The van der Waals surface area contributed by atoms with Crippen molar-refractivity contribution in [2.75, 3.05) is 26.0 Å². The molecule has 1 N–H and O–H groups in total. The lowest BCUT2D eigenvalue weighted by molar-refractivity contribution is -0.126. The summed E-state index contributed by atoms with van der Waals surface area (Å²) in [6.45, 7) is 4.33. The molecular weight excluding hydrogens is 328 g/mol. The van der Waals surface area contributed by atoms with Crippen LogP contribution >= 0.6 is 0 Å². The SMILES string of the molecule is CCS(=O)(=O)N1CCC[C@@H](C(=O)N[C@@H](C)c2ccc(OC)cc2)C1. The van der Waals surface area contributed by atoms with Gasteiger partial charge in [0.1, 0.15) is 5.75 Å². The van der Waals surface area contributed by atoms with Gasteiger partial charge in [0.05, 0.1) is 24.8 Å². The van der Waals surface area contributed by atoms with Crippen LogP contribution in [0.4, 0.5) is 0 Å². The van der Waals surface area contributed by atoms with Gasteiger partial charge in [0.2, 0.25) is 15.9 Å². The van der Waals surface area contributed by atoms with E-state index in [-0.39, 0.29) is 30.2 Å². The van der Waals surface area contributed by atoms with Crippen molar-refractivity contribution in [1.82, 2.24) is 9.62 Å². The molecule has 1 amide bonds. The molecule has 24 heavy (non-hydrogen) atoms. The first-order valence-corrected chi connectivity index (χ1v) is 9.90. The summed E-state index contributed by atoms with van der Waals surface area (Å²) < 4.78 is 30.6. The van der Waals surface area contributed by atoms with Crippen LogP contribution in [0.5, 0.6) is 5.75 Å². The molecule has 1 heterocycles. The van der Waals surface area contributed by atoms with E-state index in [0.29, 0.717) is 13.0 Å². The highest BCUT2D eigenvalue weighted by Crippen LogP contribution is 2.22. The van der Waals surface area contributed by atoms with Crippen molar-refractivity contribution >= 4 is 15.9 Å². The number of sulfonamides is 1. The molecule has 1 aliphatic rings. The predicted molar refractivity (Wildman–Crippen MR) is 93.3 cm³/mol. The van der Waals surface area contributed by atoms with Crippen molar-refractivity contribution in [1.29, 1.82) is 0 Å². The first-order chi connectivity index (χ1) is 11.4. The Morgan fingerprint density at radius 3 is 2.62 bits per heavy atom. The minimum absolute atomic E-state index is 0.0730. The normalized spacial score (nSPS) is 20.4. The molecule has 6 nitrogen and oxygen atoms in total. The van der Waals surface area contributed by atoms with Crippen molar-refractivity contribution in [3.05, 3.63) is 29.8 Å². The number of hydrogen-bond acceptors (Lipinski definition) is 4. The highest BCUT2D eigenvalue weighted by atomic mass is 32.2. The zero-order valence-corrected chi connectivity index (χ0v) is 15.3. The standard InChI is InChI=1S/C17H26N2O4S/c1-4-24(21,22)19-11-5-6-15(12-19)17(20)18-13(2)14-7-9-16(23-3)10-8-14/h7-10,13,15H,4-6,11-12H2,1-3H3,(H,18,20)/t13-,15+/m0/s1. The Morgan fingerprint density at radius 1 is 1.38 bits per heavy atom. The summed E-state index contributed by atoms with van der Waals surface area (Å²) in [5, 5.41) is 2.99. The topological polar surface area (TPSA) is 75.7 Å². The number of carbonyl (C=O) groups excluding carboxylic acids is 1. The number of methoxy groups -OCH3 is 1. The van der Waals surface area contributed by atoms with E-state index in [4.69, 9.17) is 4.74 Å². The fraction of sp³-hybridized carbons (Fsp3) is 0.588. The van der Waals surface area contributed by atoms with Crippen molar-refractivity contribution in [3.63, 3.8) is 0 Å². The molecule has 1 aromatic rings. The largest absolute Gasteiger partial charge is 0.497 e. The molecule has 1 aliphatic heterocycles. The van der Waals surface area contributed by atoms with E-state index >= 15 is 0 Å².